The Morgan fingerprint density at radius 3 is 2.56 bits per heavy atom. The molecule has 1 saturated heterocycles. The second kappa shape index (κ2) is 9.67. The fourth-order valence-corrected chi connectivity index (χ4v) is 4.71. The second-order valence-corrected chi connectivity index (χ2v) is 9.40. The Bertz CT molecular complexity index is 1340. The van der Waals surface area contributed by atoms with Crippen molar-refractivity contribution in [2.24, 2.45) is 7.05 Å². The third-order valence-electron chi connectivity index (χ3n) is 6.87. The zero-order valence-corrected chi connectivity index (χ0v) is 19.7. The van der Waals surface area contributed by atoms with Gasteiger partial charge in [-0.05, 0) is 41.5 Å². The number of carbonyl (C=O) groups excluding carboxylic acids is 2. The third kappa shape index (κ3) is 4.80. The van der Waals surface area contributed by atoms with Crippen LogP contribution in [0.1, 0.15) is 53.7 Å². The first-order valence-corrected chi connectivity index (χ1v) is 11.9. The number of benzene rings is 2. The summed E-state index contributed by atoms with van der Waals surface area (Å²) in [5.41, 5.74) is 1.96. The van der Waals surface area contributed by atoms with Crippen molar-refractivity contribution in [3.05, 3.63) is 87.4 Å². The van der Waals surface area contributed by atoms with Crippen molar-refractivity contribution in [1.82, 2.24) is 19.9 Å². The van der Waals surface area contributed by atoms with Crippen molar-refractivity contribution in [1.29, 1.82) is 0 Å². The number of amides is 2. The van der Waals surface area contributed by atoms with Gasteiger partial charge in [0.1, 0.15) is 18.0 Å². The Balaban J connectivity index is 1.38. The molecule has 1 aromatic heterocycles. The van der Waals surface area contributed by atoms with Crippen molar-refractivity contribution >= 4 is 11.8 Å². The van der Waals surface area contributed by atoms with Crippen molar-refractivity contribution in [3.8, 4) is 0 Å². The maximum atomic E-state index is 14.9. The number of alkyl halides is 1. The molecular formula is C26H26F2N4O4. The predicted octanol–water partition coefficient (Wildman–Crippen LogP) is 2.78. The van der Waals surface area contributed by atoms with Crippen LogP contribution in [0.2, 0.25) is 0 Å². The van der Waals surface area contributed by atoms with Crippen LogP contribution in [0.3, 0.4) is 0 Å². The number of halogens is 2. The van der Waals surface area contributed by atoms with Crippen molar-refractivity contribution < 1.29 is 22.9 Å². The molecule has 1 aliphatic carbocycles. The minimum atomic E-state index is -1.38. The van der Waals surface area contributed by atoms with Gasteiger partial charge in [0.05, 0.1) is 19.0 Å². The summed E-state index contributed by atoms with van der Waals surface area (Å²) >= 11 is 0. The highest BCUT2D eigenvalue weighted by atomic mass is 19.1. The number of aromatic nitrogens is 2. The van der Waals surface area contributed by atoms with Gasteiger partial charge < -0.3 is 10.2 Å². The van der Waals surface area contributed by atoms with E-state index in [1.54, 1.807) is 12.1 Å². The predicted molar refractivity (Wildman–Crippen MR) is 125 cm³/mol. The number of likely N-dealkylation sites (tertiary alicyclic amines) is 1. The molecule has 0 bridgehead atoms. The molecule has 3 unspecified atom stereocenters. The molecule has 2 aliphatic rings. The van der Waals surface area contributed by atoms with E-state index >= 15 is 0 Å². The summed E-state index contributed by atoms with van der Waals surface area (Å²) in [6, 6.07) is 12.4. The Hall–Kier alpha value is -3.82. The first-order chi connectivity index (χ1) is 17.3. The fourth-order valence-electron chi connectivity index (χ4n) is 4.71. The smallest absolute Gasteiger partial charge is 0.343 e. The summed E-state index contributed by atoms with van der Waals surface area (Å²) in [5, 5.41) is 6.49. The highest BCUT2D eigenvalue weighted by molar-refractivity contribution is 5.89. The Morgan fingerprint density at radius 1 is 1.17 bits per heavy atom. The monoisotopic (exact) mass is 496 g/mol. The van der Waals surface area contributed by atoms with E-state index in [2.05, 4.69) is 15.0 Å². The number of hydrogen-bond donors (Lipinski definition) is 1. The van der Waals surface area contributed by atoms with E-state index in [1.807, 2.05) is 30.3 Å². The van der Waals surface area contributed by atoms with Gasteiger partial charge in [-0.1, -0.05) is 47.6 Å². The van der Waals surface area contributed by atoms with Crippen LogP contribution in [0.5, 0.6) is 0 Å². The lowest BCUT2D eigenvalue weighted by molar-refractivity contribution is -0.138. The lowest BCUT2D eigenvalue weighted by Gasteiger charge is -2.27. The first kappa shape index (κ1) is 23.9. The Morgan fingerprint density at radius 2 is 1.92 bits per heavy atom. The Kier molecular flexibility index (Phi) is 6.42. The summed E-state index contributed by atoms with van der Waals surface area (Å²) in [6.07, 6.45) is 0.0815. The van der Waals surface area contributed by atoms with E-state index < -0.39 is 35.8 Å². The van der Waals surface area contributed by atoms with Crippen LogP contribution in [0.4, 0.5) is 8.78 Å². The average molecular weight is 497 g/mol. The topological polar surface area (TPSA) is 97.4 Å². The van der Waals surface area contributed by atoms with Gasteiger partial charge in [-0.2, -0.15) is 0 Å². The van der Waals surface area contributed by atoms with Crippen LogP contribution in [-0.4, -0.2) is 45.2 Å². The van der Waals surface area contributed by atoms with E-state index in [-0.39, 0.29) is 36.9 Å². The molecule has 10 heteroatoms. The molecule has 0 spiro atoms. The van der Waals surface area contributed by atoms with Gasteiger partial charge in [-0.25, -0.2) is 13.6 Å². The largest absolute Gasteiger partial charge is 0.441 e. The van der Waals surface area contributed by atoms with Crippen LogP contribution in [0.25, 0.3) is 0 Å². The molecule has 0 radical (unpaired) electrons. The van der Waals surface area contributed by atoms with E-state index in [9.17, 15) is 23.2 Å². The zero-order chi connectivity index (χ0) is 25.4. The lowest BCUT2D eigenvalue weighted by atomic mass is 9.96. The molecule has 188 valence electrons. The molecule has 2 aromatic carbocycles. The molecule has 36 heavy (non-hydrogen) atoms. The number of hydrogen-bond acceptors (Lipinski definition) is 5. The average Bonchev–Trinajstić information content (AvgIpc) is 3.57. The van der Waals surface area contributed by atoms with Crippen LogP contribution < -0.4 is 11.1 Å². The van der Waals surface area contributed by atoms with Gasteiger partial charge in [0.25, 0.3) is 0 Å². The third-order valence-corrected chi connectivity index (χ3v) is 6.87. The summed E-state index contributed by atoms with van der Waals surface area (Å²) in [4.78, 5) is 39.0. The summed E-state index contributed by atoms with van der Waals surface area (Å²) in [6.45, 7) is -0.247. The van der Waals surface area contributed by atoms with Crippen molar-refractivity contribution in [2.45, 2.75) is 49.9 Å². The van der Waals surface area contributed by atoms with Gasteiger partial charge in [0, 0.05) is 13.5 Å². The van der Waals surface area contributed by atoms with E-state index in [0.29, 0.717) is 11.1 Å². The van der Waals surface area contributed by atoms with Crippen LogP contribution in [-0.2, 0) is 23.1 Å². The van der Waals surface area contributed by atoms with Crippen LogP contribution in [0, 0.1) is 5.82 Å². The maximum Gasteiger partial charge on any atom is 0.441 e. The minimum Gasteiger partial charge on any atom is -0.343 e. The fraction of sp³-hybridized carbons (Fsp3) is 0.385. The molecule has 1 N–H and O–H groups in total. The highest BCUT2D eigenvalue weighted by Gasteiger charge is 2.41. The lowest BCUT2D eigenvalue weighted by Crippen LogP contribution is -2.47. The van der Waals surface area contributed by atoms with E-state index in [1.165, 1.54) is 13.1 Å². The molecular weight excluding hydrogens is 470 g/mol. The maximum absolute atomic E-state index is 14.9. The summed E-state index contributed by atoms with van der Waals surface area (Å²) in [7, 11) is 1.41. The first-order valence-electron chi connectivity index (χ1n) is 11.9. The molecule has 8 nitrogen and oxygen atoms in total. The number of nitrogens with zero attached hydrogens (tertiary/aromatic N) is 3. The number of carbonyl (C=O) groups is 2. The normalized spacial score (nSPS) is 20.4. The van der Waals surface area contributed by atoms with Gasteiger partial charge >= 0.3 is 5.76 Å². The zero-order valence-electron chi connectivity index (χ0n) is 19.7. The standard InChI is InChI=1S/C26H26F2N4O4/c1-31-22(30-36-26(31)35)13-23(33)32-14-18(27)12-21(32)25(34)29-24(16-5-3-2-4-6-16)17-9-10-19(15-7-8-15)20(28)11-17/h2-6,9-11,15,18,21,24H,7-8,12-14H2,1H3,(H,29,34). The van der Waals surface area contributed by atoms with E-state index in [0.717, 1.165) is 27.9 Å². The van der Waals surface area contributed by atoms with Crippen molar-refractivity contribution in [2.75, 3.05) is 6.54 Å². The van der Waals surface area contributed by atoms with Gasteiger partial charge in [0.15, 0.2) is 5.82 Å². The van der Waals surface area contributed by atoms with Gasteiger partial charge in [-0.15, -0.1) is 0 Å². The molecule has 1 aliphatic heterocycles. The summed E-state index contributed by atoms with van der Waals surface area (Å²) in [5.74, 6) is -1.80. The minimum absolute atomic E-state index is 0.0832. The van der Waals surface area contributed by atoms with Crippen LogP contribution >= 0.6 is 0 Å². The van der Waals surface area contributed by atoms with Crippen LogP contribution in [0.15, 0.2) is 57.8 Å². The quantitative estimate of drug-likeness (QED) is 0.543. The van der Waals surface area contributed by atoms with Gasteiger partial charge in [0.2, 0.25) is 11.8 Å². The second-order valence-electron chi connectivity index (χ2n) is 9.40. The van der Waals surface area contributed by atoms with E-state index in [4.69, 9.17) is 0 Å². The van der Waals surface area contributed by atoms with Crippen molar-refractivity contribution in [3.63, 3.8) is 0 Å². The molecule has 1 saturated carbocycles. The molecule has 3 aromatic rings. The molecule has 3 atom stereocenters. The number of rotatable bonds is 7. The highest BCUT2D eigenvalue weighted by Crippen LogP contribution is 2.42. The molecule has 2 heterocycles. The summed E-state index contributed by atoms with van der Waals surface area (Å²) < 4.78 is 34.9. The SMILES string of the molecule is Cn1c(CC(=O)N2CC(F)CC2C(=O)NC(c2ccccc2)c2ccc(C3CC3)c(F)c2)noc1=O. The molecule has 2 amide bonds. The Labute approximate surface area is 205 Å². The molecule has 2 fully saturated rings. The molecule has 5 rings (SSSR count). The number of nitrogens with one attached hydrogen (secondary N) is 1. The van der Waals surface area contributed by atoms with Gasteiger partial charge in [-0.3, -0.25) is 18.7 Å².